The lowest BCUT2D eigenvalue weighted by Gasteiger charge is -2.47. The van der Waals surface area contributed by atoms with Crippen LogP contribution in [-0.4, -0.2) is 61.0 Å². The lowest BCUT2D eigenvalue weighted by atomic mass is 10.1. The molecule has 2 aromatic carbocycles. The third kappa shape index (κ3) is 3.67. The van der Waals surface area contributed by atoms with Crippen molar-refractivity contribution < 1.29 is 9.53 Å². The number of carbonyl (C=O) groups is 1. The second kappa shape index (κ2) is 7.25. The van der Waals surface area contributed by atoms with Gasteiger partial charge in [0.15, 0.2) is 0 Å². The maximum absolute atomic E-state index is 12.7. The highest BCUT2D eigenvalue weighted by atomic mass is 16.5. The molecule has 3 fully saturated rings. The zero-order chi connectivity index (χ0) is 17.1. The Kier molecular flexibility index (Phi) is 4.68. The number of para-hydroxylation sites is 2. The Bertz CT molecular complexity index is 727. The van der Waals surface area contributed by atoms with Gasteiger partial charge in [0.25, 0.3) is 5.91 Å². The highest BCUT2D eigenvalue weighted by molar-refractivity contribution is 5.97. The van der Waals surface area contributed by atoms with E-state index in [1.165, 1.54) is 0 Å². The summed E-state index contributed by atoms with van der Waals surface area (Å²) >= 11 is 0. The first-order valence-corrected chi connectivity index (χ1v) is 8.86. The van der Waals surface area contributed by atoms with Gasteiger partial charge in [0.05, 0.1) is 5.56 Å². The Balaban J connectivity index is 1.42. The molecule has 3 aliphatic rings. The normalized spacial score (nSPS) is 24.7. The van der Waals surface area contributed by atoms with Gasteiger partial charge in [-0.25, -0.2) is 0 Å². The average Bonchev–Trinajstić information content (AvgIpc) is 2.68. The molecule has 25 heavy (non-hydrogen) atoms. The highest BCUT2D eigenvalue weighted by Crippen LogP contribution is 2.25. The van der Waals surface area contributed by atoms with Crippen LogP contribution < -0.4 is 10.1 Å². The number of benzene rings is 2. The van der Waals surface area contributed by atoms with Crippen molar-refractivity contribution in [2.45, 2.75) is 6.04 Å². The smallest absolute Gasteiger partial charge is 0.255 e. The maximum Gasteiger partial charge on any atom is 0.255 e. The van der Waals surface area contributed by atoms with Crippen molar-refractivity contribution in [1.29, 1.82) is 0 Å². The highest BCUT2D eigenvalue weighted by Gasteiger charge is 2.31. The van der Waals surface area contributed by atoms with E-state index in [0.717, 1.165) is 38.5 Å². The molecule has 0 radical (unpaired) electrons. The second-order valence-corrected chi connectivity index (χ2v) is 6.61. The minimum atomic E-state index is -0.0795. The summed E-state index contributed by atoms with van der Waals surface area (Å²) in [7, 11) is 0. The average molecular weight is 337 g/mol. The predicted octanol–water partition coefficient (Wildman–Crippen LogP) is 2.21. The van der Waals surface area contributed by atoms with Crippen LogP contribution in [-0.2, 0) is 0 Å². The van der Waals surface area contributed by atoms with Crippen molar-refractivity contribution in [1.82, 2.24) is 15.1 Å². The van der Waals surface area contributed by atoms with Crippen LogP contribution in [0.2, 0.25) is 0 Å². The van der Waals surface area contributed by atoms with Gasteiger partial charge in [0.1, 0.15) is 11.5 Å². The Hall–Kier alpha value is -2.37. The number of hydrogen-bond donors (Lipinski definition) is 1. The Morgan fingerprint density at radius 1 is 1.00 bits per heavy atom. The molecule has 1 atom stereocenters. The monoisotopic (exact) mass is 337 g/mol. The fraction of sp³-hybridized carbons (Fsp3) is 0.350. The third-order valence-electron chi connectivity index (χ3n) is 4.99. The Labute approximate surface area is 148 Å². The largest absolute Gasteiger partial charge is 0.457 e. The first-order valence-electron chi connectivity index (χ1n) is 8.86. The van der Waals surface area contributed by atoms with Crippen molar-refractivity contribution in [2.75, 3.05) is 39.3 Å². The van der Waals surface area contributed by atoms with Crippen molar-refractivity contribution in [3.8, 4) is 11.5 Å². The van der Waals surface area contributed by atoms with Gasteiger partial charge < -0.3 is 10.1 Å². The van der Waals surface area contributed by atoms with Gasteiger partial charge in [-0.3, -0.25) is 14.6 Å². The summed E-state index contributed by atoms with van der Waals surface area (Å²) in [6, 6.07) is 17.3. The number of piperazine rings is 3. The van der Waals surface area contributed by atoms with Gasteiger partial charge in [-0.15, -0.1) is 0 Å². The summed E-state index contributed by atoms with van der Waals surface area (Å²) in [4.78, 5) is 17.6. The first kappa shape index (κ1) is 16.1. The lowest BCUT2D eigenvalue weighted by Crippen LogP contribution is -2.63. The minimum Gasteiger partial charge on any atom is -0.457 e. The van der Waals surface area contributed by atoms with E-state index in [4.69, 9.17) is 4.74 Å². The van der Waals surface area contributed by atoms with Crippen LogP contribution in [0.25, 0.3) is 0 Å². The van der Waals surface area contributed by atoms with Gasteiger partial charge in [-0.2, -0.15) is 0 Å². The number of hydrogen-bond acceptors (Lipinski definition) is 4. The second-order valence-electron chi connectivity index (χ2n) is 6.61. The van der Waals surface area contributed by atoms with E-state index >= 15 is 0 Å². The number of nitrogens with zero attached hydrogens (tertiary/aromatic N) is 2. The van der Waals surface area contributed by atoms with Crippen LogP contribution in [0.3, 0.4) is 0 Å². The predicted molar refractivity (Wildman–Crippen MR) is 97.1 cm³/mol. The summed E-state index contributed by atoms with van der Waals surface area (Å²) in [5.74, 6) is 1.23. The molecule has 1 N–H and O–H groups in total. The van der Waals surface area contributed by atoms with Crippen LogP contribution in [0.5, 0.6) is 11.5 Å². The summed E-state index contributed by atoms with van der Waals surface area (Å²) in [6.07, 6.45) is 0. The topological polar surface area (TPSA) is 44.8 Å². The molecule has 5 nitrogen and oxygen atoms in total. The molecule has 5 heteroatoms. The molecule has 3 heterocycles. The van der Waals surface area contributed by atoms with Gasteiger partial charge in [0.2, 0.25) is 0 Å². The fourth-order valence-electron chi connectivity index (χ4n) is 3.58. The molecule has 2 bridgehead atoms. The number of rotatable bonds is 5. The molecule has 1 unspecified atom stereocenters. The fourth-order valence-corrected chi connectivity index (χ4v) is 3.58. The number of ether oxygens (including phenoxy) is 1. The van der Waals surface area contributed by atoms with E-state index < -0.39 is 0 Å². The van der Waals surface area contributed by atoms with Crippen LogP contribution in [0.1, 0.15) is 10.4 Å². The SMILES string of the molecule is O=C(NCC1CN2CCN1CC2)c1ccccc1Oc1ccccc1. The quantitative estimate of drug-likeness (QED) is 0.909. The van der Waals surface area contributed by atoms with Gasteiger partial charge in [-0.1, -0.05) is 30.3 Å². The van der Waals surface area contributed by atoms with Crippen LogP contribution in [0.4, 0.5) is 0 Å². The van der Waals surface area contributed by atoms with E-state index in [1.807, 2.05) is 54.6 Å². The van der Waals surface area contributed by atoms with Crippen LogP contribution in [0.15, 0.2) is 54.6 Å². The number of fused-ring (bicyclic) bond motifs is 3. The summed E-state index contributed by atoms with van der Waals surface area (Å²) in [5, 5.41) is 3.09. The molecular formula is C20H23N3O2. The summed E-state index contributed by atoms with van der Waals surface area (Å²) in [5.41, 5.74) is 0.572. The summed E-state index contributed by atoms with van der Waals surface area (Å²) < 4.78 is 5.89. The number of amides is 1. The molecule has 2 aromatic rings. The third-order valence-corrected chi connectivity index (χ3v) is 4.99. The van der Waals surface area contributed by atoms with Crippen molar-refractivity contribution in [3.63, 3.8) is 0 Å². The van der Waals surface area contributed by atoms with E-state index in [9.17, 15) is 4.79 Å². The van der Waals surface area contributed by atoms with Crippen molar-refractivity contribution in [2.24, 2.45) is 0 Å². The van der Waals surface area contributed by atoms with E-state index in [0.29, 0.717) is 23.9 Å². The zero-order valence-corrected chi connectivity index (χ0v) is 14.2. The molecule has 3 aliphatic heterocycles. The number of carbonyl (C=O) groups excluding carboxylic acids is 1. The Morgan fingerprint density at radius 2 is 1.72 bits per heavy atom. The van der Waals surface area contributed by atoms with E-state index in [-0.39, 0.29) is 5.91 Å². The maximum atomic E-state index is 12.7. The van der Waals surface area contributed by atoms with Crippen molar-refractivity contribution >= 4 is 5.91 Å². The molecule has 5 rings (SSSR count). The van der Waals surface area contributed by atoms with Gasteiger partial charge in [-0.05, 0) is 24.3 Å². The van der Waals surface area contributed by atoms with Gasteiger partial charge >= 0.3 is 0 Å². The molecule has 0 aliphatic carbocycles. The standard InChI is InChI=1S/C20H23N3O2/c24-20(21-14-16-15-22-10-12-23(16)13-11-22)18-8-4-5-9-19(18)25-17-6-2-1-3-7-17/h1-9,16H,10-15H2,(H,21,24). The molecule has 0 spiro atoms. The number of nitrogens with one attached hydrogen (secondary N) is 1. The van der Waals surface area contributed by atoms with E-state index in [1.54, 1.807) is 0 Å². The molecule has 0 aromatic heterocycles. The van der Waals surface area contributed by atoms with Crippen molar-refractivity contribution in [3.05, 3.63) is 60.2 Å². The molecule has 130 valence electrons. The zero-order valence-electron chi connectivity index (χ0n) is 14.2. The van der Waals surface area contributed by atoms with Crippen LogP contribution in [0, 0.1) is 0 Å². The molecule has 1 amide bonds. The molecule has 3 saturated heterocycles. The minimum absolute atomic E-state index is 0.0795. The Morgan fingerprint density at radius 3 is 2.44 bits per heavy atom. The summed E-state index contributed by atoms with van der Waals surface area (Å²) in [6.45, 7) is 6.23. The first-order chi connectivity index (χ1) is 12.3. The van der Waals surface area contributed by atoms with E-state index in [2.05, 4.69) is 15.1 Å². The van der Waals surface area contributed by atoms with Crippen LogP contribution >= 0.6 is 0 Å². The van der Waals surface area contributed by atoms with Gasteiger partial charge in [0, 0.05) is 45.3 Å². The lowest BCUT2D eigenvalue weighted by molar-refractivity contribution is 0.0138. The molecule has 0 saturated carbocycles. The molecular weight excluding hydrogens is 314 g/mol.